The molecule has 0 saturated carbocycles. The van der Waals surface area contributed by atoms with Crippen LogP contribution < -0.4 is 10.1 Å². The molecule has 1 aliphatic rings. The first kappa shape index (κ1) is 13.0. The molecule has 3 nitrogen and oxygen atoms in total. The second kappa shape index (κ2) is 6.50. The third-order valence-electron chi connectivity index (χ3n) is 3.22. The first-order chi connectivity index (χ1) is 8.75. The number of carbonyl (C=O) groups excluding carboxylic acids is 1. The van der Waals surface area contributed by atoms with E-state index in [2.05, 4.69) is 5.32 Å². The van der Waals surface area contributed by atoms with Crippen LogP contribution in [0.3, 0.4) is 0 Å². The molecule has 1 unspecified atom stereocenters. The third kappa shape index (κ3) is 3.81. The number of hydrogen-bond donors (Lipinski definition) is 1. The van der Waals surface area contributed by atoms with Gasteiger partial charge in [0.2, 0.25) is 0 Å². The van der Waals surface area contributed by atoms with Gasteiger partial charge in [-0.3, -0.25) is 4.79 Å². The number of ether oxygens (including phenoxy) is 1. The molecule has 1 heterocycles. The van der Waals surface area contributed by atoms with Gasteiger partial charge in [-0.05, 0) is 50.4 Å². The number of hydrogen-bond acceptors (Lipinski definition) is 3. The van der Waals surface area contributed by atoms with E-state index >= 15 is 0 Å². The molecule has 1 aromatic rings. The van der Waals surface area contributed by atoms with Gasteiger partial charge < -0.3 is 10.1 Å². The Hall–Kier alpha value is -1.42. The van der Waals surface area contributed by atoms with Crippen molar-refractivity contribution in [2.24, 2.45) is 5.92 Å². The Morgan fingerprint density at radius 1 is 1.44 bits per heavy atom. The van der Waals surface area contributed by atoms with Gasteiger partial charge in [0.1, 0.15) is 0 Å². The summed E-state index contributed by atoms with van der Waals surface area (Å²) in [6, 6.07) is 5.97. The lowest BCUT2D eigenvalue weighted by Gasteiger charge is -2.22. The van der Waals surface area contributed by atoms with E-state index in [-0.39, 0.29) is 11.7 Å². The van der Waals surface area contributed by atoms with Crippen LogP contribution in [0.15, 0.2) is 24.3 Å². The van der Waals surface area contributed by atoms with Crippen molar-refractivity contribution in [2.75, 3.05) is 13.1 Å². The van der Waals surface area contributed by atoms with E-state index in [1.54, 1.807) is 12.1 Å². The highest BCUT2D eigenvalue weighted by Gasteiger charge is 2.16. The van der Waals surface area contributed by atoms with Crippen LogP contribution in [0.25, 0.3) is 0 Å². The van der Waals surface area contributed by atoms with E-state index in [1.165, 1.54) is 12.1 Å². The lowest BCUT2D eigenvalue weighted by Crippen LogP contribution is -2.30. The van der Waals surface area contributed by atoms with Crippen molar-refractivity contribution < 1.29 is 13.9 Å². The molecule has 0 spiro atoms. The molecule has 18 heavy (non-hydrogen) atoms. The highest BCUT2D eigenvalue weighted by Crippen LogP contribution is 2.19. The smallest absolute Gasteiger partial charge is 0.311 e. The Kier molecular flexibility index (Phi) is 4.70. The average Bonchev–Trinajstić information content (AvgIpc) is 2.40. The maximum absolute atomic E-state index is 13.3. The lowest BCUT2D eigenvalue weighted by molar-refractivity contribution is -0.134. The summed E-state index contributed by atoms with van der Waals surface area (Å²) in [6.45, 7) is 2.03. The van der Waals surface area contributed by atoms with Crippen molar-refractivity contribution in [2.45, 2.75) is 25.7 Å². The summed E-state index contributed by atoms with van der Waals surface area (Å²) in [5, 5.41) is 3.31. The highest BCUT2D eigenvalue weighted by molar-refractivity contribution is 5.72. The minimum Gasteiger partial charge on any atom is -0.423 e. The molecule has 1 N–H and O–H groups in total. The summed E-state index contributed by atoms with van der Waals surface area (Å²) < 4.78 is 18.3. The number of carbonyl (C=O) groups is 1. The number of rotatable bonds is 4. The number of esters is 1. The number of benzene rings is 1. The third-order valence-corrected chi connectivity index (χ3v) is 3.22. The molecule has 0 amide bonds. The molecule has 1 aromatic carbocycles. The Morgan fingerprint density at radius 2 is 2.28 bits per heavy atom. The van der Waals surface area contributed by atoms with Gasteiger partial charge in [0.15, 0.2) is 11.6 Å². The van der Waals surface area contributed by atoms with E-state index < -0.39 is 5.82 Å². The van der Waals surface area contributed by atoms with Gasteiger partial charge in [-0.25, -0.2) is 4.39 Å². The number of halogens is 1. The van der Waals surface area contributed by atoms with E-state index in [0.717, 1.165) is 32.4 Å². The van der Waals surface area contributed by atoms with Gasteiger partial charge in [-0.2, -0.15) is 0 Å². The Labute approximate surface area is 106 Å². The molecule has 1 fully saturated rings. The zero-order valence-corrected chi connectivity index (χ0v) is 10.3. The Balaban J connectivity index is 1.76. The standard InChI is InChI=1S/C14H18FNO2/c15-12-5-1-2-6-13(12)18-14(17)8-7-11-4-3-9-16-10-11/h1-2,5-6,11,16H,3-4,7-10H2. The fourth-order valence-corrected chi connectivity index (χ4v) is 2.19. The van der Waals surface area contributed by atoms with Crippen LogP contribution in [0.5, 0.6) is 5.75 Å². The predicted octanol–water partition coefficient (Wildman–Crippen LogP) is 2.51. The fraction of sp³-hybridized carbons (Fsp3) is 0.500. The maximum atomic E-state index is 13.3. The number of para-hydroxylation sites is 1. The first-order valence-corrected chi connectivity index (χ1v) is 6.41. The second-order valence-corrected chi connectivity index (χ2v) is 4.66. The maximum Gasteiger partial charge on any atom is 0.311 e. The normalized spacial score (nSPS) is 19.5. The van der Waals surface area contributed by atoms with Gasteiger partial charge in [-0.15, -0.1) is 0 Å². The van der Waals surface area contributed by atoms with Crippen LogP contribution in [0, 0.1) is 11.7 Å². The van der Waals surface area contributed by atoms with Gasteiger partial charge in [-0.1, -0.05) is 12.1 Å². The quantitative estimate of drug-likeness (QED) is 0.660. The topological polar surface area (TPSA) is 38.3 Å². The summed E-state index contributed by atoms with van der Waals surface area (Å²) in [4.78, 5) is 11.6. The van der Waals surface area contributed by atoms with Crippen LogP contribution in [0.4, 0.5) is 4.39 Å². The zero-order valence-electron chi connectivity index (χ0n) is 10.3. The minimum atomic E-state index is -0.495. The molecule has 1 saturated heterocycles. The predicted molar refractivity (Wildman–Crippen MR) is 66.9 cm³/mol. The fourth-order valence-electron chi connectivity index (χ4n) is 2.19. The summed E-state index contributed by atoms with van der Waals surface area (Å²) in [5.74, 6) is -0.299. The molecular weight excluding hydrogens is 233 g/mol. The second-order valence-electron chi connectivity index (χ2n) is 4.66. The van der Waals surface area contributed by atoms with Crippen molar-refractivity contribution in [3.63, 3.8) is 0 Å². The summed E-state index contributed by atoms with van der Waals surface area (Å²) in [5.41, 5.74) is 0. The molecule has 0 aliphatic carbocycles. The highest BCUT2D eigenvalue weighted by atomic mass is 19.1. The van der Waals surface area contributed by atoms with E-state index in [4.69, 9.17) is 4.74 Å². The van der Waals surface area contributed by atoms with Crippen molar-refractivity contribution >= 4 is 5.97 Å². The van der Waals surface area contributed by atoms with Crippen molar-refractivity contribution in [1.29, 1.82) is 0 Å². The first-order valence-electron chi connectivity index (χ1n) is 6.41. The molecule has 0 bridgehead atoms. The minimum absolute atomic E-state index is 0.0178. The van der Waals surface area contributed by atoms with Crippen LogP contribution in [-0.4, -0.2) is 19.1 Å². The lowest BCUT2D eigenvalue weighted by atomic mass is 9.95. The van der Waals surface area contributed by atoms with Crippen LogP contribution in [0.1, 0.15) is 25.7 Å². The van der Waals surface area contributed by atoms with E-state index in [0.29, 0.717) is 12.3 Å². The molecule has 0 radical (unpaired) electrons. The van der Waals surface area contributed by atoms with Gasteiger partial charge in [0.25, 0.3) is 0 Å². The van der Waals surface area contributed by atoms with Crippen LogP contribution in [0.2, 0.25) is 0 Å². The molecule has 98 valence electrons. The van der Waals surface area contributed by atoms with Crippen molar-refractivity contribution in [1.82, 2.24) is 5.32 Å². The summed E-state index contributed by atoms with van der Waals surface area (Å²) in [6.07, 6.45) is 3.47. The number of piperidine rings is 1. The summed E-state index contributed by atoms with van der Waals surface area (Å²) in [7, 11) is 0. The van der Waals surface area contributed by atoms with Crippen LogP contribution in [-0.2, 0) is 4.79 Å². The largest absolute Gasteiger partial charge is 0.423 e. The van der Waals surface area contributed by atoms with Gasteiger partial charge in [0.05, 0.1) is 0 Å². The SMILES string of the molecule is O=C(CCC1CCCNC1)Oc1ccccc1F. The molecule has 1 atom stereocenters. The van der Waals surface area contributed by atoms with Gasteiger partial charge in [0, 0.05) is 6.42 Å². The zero-order chi connectivity index (χ0) is 12.8. The van der Waals surface area contributed by atoms with Crippen molar-refractivity contribution in [3.8, 4) is 5.75 Å². The van der Waals surface area contributed by atoms with Crippen LogP contribution >= 0.6 is 0 Å². The van der Waals surface area contributed by atoms with Gasteiger partial charge >= 0.3 is 5.97 Å². The molecule has 1 aliphatic heterocycles. The molecule has 4 heteroatoms. The summed E-state index contributed by atoms with van der Waals surface area (Å²) >= 11 is 0. The Bertz CT molecular complexity index is 403. The monoisotopic (exact) mass is 251 g/mol. The molecule has 2 rings (SSSR count). The van der Waals surface area contributed by atoms with E-state index in [9.17, 15) is 9.18 Å². The van der Waals surface area contributed by atoms with E-state index in [1.807, 2.05) is 0 Å². The Morgan fingerprint density at radius 3 is 3.00 bits per heavy atom. The van der Waals surface area contributed by atoms with Crippen molar-refractivity contribution in [3.05, 3.63) is 30.1 Å². The average molecular weight is 251 g/mol. The molecular formula is C14H18FNO2. The number of nitrogens with one attached hydrogen (secondary N) is 1. The molecule has 0 aromatic heterocycles.